The van der Waals surface area contributed by atoms with Crippen molar-refractivity contribution in [2.24, 2.45) is 0 Å². The fourth-order valence-corrected chi connectivity index (χ4v) is 3.71. The summed E-state index contributed by atoms with van der Waals surface area (Å²) < 4.78 is 0. The van der Waals surface area contributed by atoms with Gasteiger partial charge in [0.05, 0.1) is 6.42 Å². The minimum Gasteiger partial charge on any atom is -0.350 e. The van der Waals surface area contributed by atoms with Gasteiger partial charge in [0.2, 0.25) is 11.8 Å². The molecule has 0 fully saturated rings. The van der Waals surface area contributed by atoms with Gasteiger partial charge in [-0.15, -0.1) is 0 Å². The average molecular weight is 409 g/mol. The lowest BCUT2D eigenvalue weighted by molar-refractivity contribution is -0.141. The molecule has 0 bridgehead atoms. The van der Waals surface area contributed by atoms with E-state index in [2.05, 4.69) is 11.4 Å². The van der Waals surface area contributed by atoms with Gasteiger partial charge in [0.25, 0.3) is 0 Å². The van der Waals surface area contributed by atoms with Crippen molar-refractivity contribution in [1.29, 1.82) is 0 Å². The van der Waals surface area contributed by atoms with Crippen LogP contribution in [-0.4, -0.2) is 28.3 Å². The third-order valence-corrected chi connectivity index (χ3v) is 4.99. The molecule has 2 aromatic rings. The summed E-state index contributed by atoms with van der Waals surface area (Å²) in [5, 5.41) is 3.05. The Balaban J connectivity index is 2.33. The van der Waals surface area contributed by atoms with Gasteiger partial charge in [-0.3, -0.25) is 9.59 Å². The first-order valence-corrected chi connectivity index (χ1v) is 10.7. The van der Waals surface area contributed by atoms with Crippen LogP contribution in [-0.2, 0) is 22.6 Å². The zero-order valence-corrected chi connectivity index (χ0v) is 19.5. The van der Waals surface area contributed by atoms with E-state index in [1.54, 1.807) is 4.90 Å². The summed E-state index contributed by atoms with van der Waals surface area (Å²) in [6, 6.07) is 13.8. The van der Waals surface area contributed by atoms with Crippen LogP contribution < -0.4 is 5.32 Å². The fraction of sp³-hybridized carbons (Fsp3) is 0.462. The number of carbonyl (C=O) groups is 2. The van der Waals surface area contributed by atoms with Gasteiger partial charge < -0.3 is 10.2 Å². The van der Waals surface area contributed by atoms with Gasteiger partial charge in [0, 0.05) is 12.1 Å². The molecule has 0 aliphatic rings. The first-order valence-electron chi connectivity index (χ1n) is 10.7. The third-order valence-electron chi connectivity index (χ3n) is 4.99. The second-order valence-electron chi connectivity index (χ2n) is 9.34. The number of hydrogen-bond acceptors (Lipinski definition) is 2. The van der Waals surface area contributed by atoms with Gasteiger partial charge in [-0.2, -0.15) is 0 Å². The molecular formula is C26H36N2O2. The van der Waals surface area contributed by atoms with Crippen LogP contribution in [0.15, 0.2) is 42.5 Å². The zero-order chi connectivity index (χ0) is 22.5. The second kappa shape index (κ2) is 9.92. The minimum absolute atomic E-state index is 0.0310. The first-order chi connectivity index (χ1) is 14.0. The highest BCUT2D eigenvalue weighted by atomic mass is 16.2. The van der Waals surface area contributed by atoms with Crippen molar-refractivity contribution in [2.45, 2.75) is 79.4 Å². The number of benzene rings is 2. The van der Waals surface area contributed by atoms with Crippen LogP contribution >= 0.6 is 0 Å². The number of rotatable bonds is 7. The zero-order valence-electron chi connectivity index (χ0n) is 19.5. The van der Waals surface area contributed by atoms with Gasteiger partial charge >= 0.3 is 0 Å². The molecule has 0 saturated carbocycles. The summed E-state index contributed by atoms with van der Waals surface area (Å²) in [6.45, 7) is 14.4. The molecule has 0 aliphatic heterocycles. The molecule has 0 aromatic heterocycles. The first kappa shape index (κ1) is 23.7. The molecule has 2 amide bonds. The number of carbonyl (C=O) groups excluding carboxylic acids is 2. The Kier molecular flexibility index (Phi) is 7.83. The number of amides is 2. The van der Waals surface area contributed by atoms with E-state index in [-0.39, 0.29) is 23.8 Å². The van der Waals surface area contributed by atoms with Crippen LogP contribution in [0.2, 0.25) is 0 Å². The van der Waals surface area contributed by atoms with E-state index in [0.29, 0.717) is 13.0 Å². The van der Waals surface area contributed by atoms with E-state index >= 15 is 0 Å². The molecule has 1 unspecified atom stereocenters. The summed E-state index contributed by atoms with van der Waals surface area (Å²) in [7, 11) is 0. The van der Waals surface area contributed by atoms with Gasteiger partial charge in [-0.1, -0.05) is 66.1 Å². The molecule has 0 aliphatic carbocycles. The number of aryl methyl sites for hydroxylation is 3. The van der Waals surface area contributed by atoms with E-state index in [0.717, 1.165) is 22.3 Å². The third kappa shape index (κ3) is 7.01. The highest BCUT2D eigenvalue weighted by molar-refractivity contribution is 5.88. The van der Waals surface area contributed by atoms with E-state index < -0.39 is 6.04 Å². The summed E-state index contributed by atoms with van der Waals surface area (Å²) in [4.78, 5) is 28.2. The Morgan fingerprint density at radius 3 is 1.97 bits per heavy atom. The molecule has 30 heavy (non-hydrogen) atoms. The van der Waals surface area contributed by atoms with Crippen LogP contribution in [0.4, 0.5) is 0 Å². The van der Waals surface area contributed by atoms with E-state index in [4.69, 9.17) is 0 Å². The van der Waals surface area contributed by atoms with Gasteiger partial charge in [-0.05, 0) is 59.1 Å². The van der Waals surface area contributed by atoms with Gasteiger partial charge in [0.15, 0.2) is 0 Å². The Labute approximate surface area is 181 Å². The Bertz CT molecular complexity index is 859. The maximum Gasteiger partial charge on any atom is 0.243 e. The highest BCUT2D eigenvalue weighted by Gasteiger charge is 2.30. The smallest absolute Gasteiger partial charge is 0.243 e. The molecule has 4 heteroatoms. The fourth-order valence-electron chi connectivity index (χ4n) is 3.71. The van der Waals surface area contributed by atoms with Crippen LogP contribution in [0.1, 0.15) is 61.9 Å². The van der Waals surface area contributed by atoms with Crippen molar-refractivity contribution in [3.8, 4) is 0 Å². The minimum atomic E-state index is -0.510. The largest absolute Gasteiger partial charge is 0.350 e. The van der Waals surface area contributed by atoms with Crippen LogP contribution in [0.25, 0.3) is 0 Å². The number of nitrogens with zero attached hydrogens (tertiary/aromatic N) is 1. The summed E-state index contributed by atoms with van der Waals surface area (Å²) in [6.07, 6.45) is 0.847. The van der Waals surface area contributed by atoms with Crippen molar-refractivity contribution in [2.75, 3.05) is 0 Å². The Morgan fingerprint density at radius 2 is 1.47 bits per heavy atom. The molecule has 0 heterocycles. The monoisotopic (exact) mass is 408 g/mol. The Hall–Kier alpha value is -2.62. The molecule has 4 nitrogen and oxygen atoms in total. The van der Waals surface area contributed by atoms with Crippen molar-refractivity contribution in [1.82, 2.24) is 10.2 Å². The molecule has 0 spiro atoms. The average Bonchev–Trinajstić information content (AvgIpc) is 2.60. The van der Waals surface area contributed by atoms with Crippen molar-refractivity contribution in [3.05, 3.63) is 70.3 Å². The lowest BCUT2D eigenvalue weighted by atomic mass is 10.0. The molecule has 1 N–H and O–H groups in total. The molecule has 2 rings (SSSR count). The van der Waals surface area contributed by atoms with Crippen molar-refractivity contribution < 1.29 is 9.59 Å². The molecular weight excluding hydrogens is 372 g/mol. The van der Waals surface area contributed by atoms with Crippen molar-refractivity contribution in [3.63, 3.8) is 0 Å². The van der Waals surface area contributed by atoms with Crippen molar-refractivity contribution >= 4 is 11.8 Å². The topological polar surface area (TPSA) is 49.4 Å². The lowest BCUT2D eigenvalue weighted by Crippen LogP contribution is -2.53. The normalized spacial score (nSPS) is 12.4. The van der Waals surface area contributed by atoms with Crippen LogP contribution in [0.3, 0.4) is 0 Å². The predicted octanol–water partition coefficient (Wildman–Crippen LogP) is 4.88. The van der Waals surface area contributed by atoms with E-state index in [1.807, 2.05) is 84.9 Å². The van der Waals surface area contributed by atoms with Crippen LogP contribution in [0.5, 0.6) is 0 Å². The maximum absolute atomic E-state index is 13.4. The lowest BCUT2D eigenvalue weighted by Gasteiger charge is -2.33. The number of hydrogen-bond donors (Lipinski definition) is 1. The second-order valence-corrected chi connectivity index (χ2v) is 9.34. The van der Waals surface area contributed by atoms with Gasteiger partial charge in [-0.25, -0.2) is 0 Å². The van der Waals surface area contributed by atoms with Crippen LogP contribution in [0, 0.1) is 20.8 Å². The van der Waals surface area contributed by atoms with E-state index in [1.165, 1.54) is 5.56 Å². The predicted molar refractivity (Wildman–Crippen MR) is 123 cm³/mol. The molecule has 0 radical (unpaired) electrons. The standard InChI is InChI=1S/C26H36N2O2/c1-8-23(25(30)27-26(5,6)7)28(17-21-11-9-18(2)10-12-21)24(29)16-22-14-19(3)13-20(4)15-22/h9-15,23H,8,16-17H2,1-7H3,(H,27,30). The van der Waals surface area contributed by atoms with E-state index in [9.17, 15) is 9.59 Å². The Morgan fingerprint density at radius 1 is 0.900 bits per heavy atom. The molecule has 2 aromatic carbocycles. The molecule has 162 valence electrons. The number of nitrogens with one attached hydrogen (secondary N) is 1. The van der Waals surface area contributed by atoms with Gasteiger partial charge in [0.1, 0.15) is 6.04 Å². The summed E-state index contributed by atoms with van der Waals surface area (Å²) in [5.74, 6) is -0.137. The summed E-state index contributed by atoms with van der Waals surface area (Å²) >= 11 is 0. The molecule has 0 saturated heterocycles. The SMILES string of the molecule is CCC(C(=O)NC(C)(C)C)N(Cc1ccc(C)cc1)C(=O)Cc1cc(C)cc(C)c1. The maximum atomic E-state index is 13.4. The summed E-state index contributed by atoms with van der Waals surface area (Å²) in [5.41, 5.74) is 5.11. The quantitative estimate of drug-likeness (QED) is 0.710. The highest BCUT2D eigenvalue weighted by Crippen LogP contribution is 2.17. The molecule has 1 atom stereocenters.